The van der Waals surface area contributed by atoms with Gasteiger partial charge in [0.1, 0.15) is 5.00 Å². The van der Waals surface area contributed by atoms with E-state index in [-0.39, 0.29) is 14.9 Å². The third kappa shape index (κ3) is 4.34. The van der Waals surface area contributed by atoms with Gasteiger partial charge in [0, 0.05) is 21.1 Å². The van der Waals surface area contributed by atoms with Crippen molar-refractivity contribution in [2.24, 2.45) is 0 Å². The number of anilines is 2. The highest BCUT2D eigenvalue weighted by molar-refractivity contribution is 7.92. The maximum atomic E-state index is 12.2. The van der Waals surface area contributed by atoms with Crippen molar-refractivity contribution in [3.05, 3.63) is 38.6 Å². The second-order valence-electron chi connectivity index (χ2n) is 5.07. The van der Waals surface area contributed by atoms with Crippen molar-refractivity contribution >= 4 is 72.7 Å². The minimum atomic E-state index is -3.52. The van der Waals surface area contributed by atoms with Crippen LogP contribution in [-0.2, 0) is 9.84 Å². The number of carbonyl (C=O) groups is 1. The van der Waals surface area contributed by atoms with Crippen LogP contribution in [-0.4, -0.2) is 19.7 Å². The molecule has 10 heteroatoms. The molecule has 0 radical (unpaired) electrons. The van der Waals surface area contributed by atoms with Gasteiger partial charge in [-0.3, -0.25) is 5.32 Å². The van der Waals surface area contributed by atoms with Crippen LogP contribution in [0.5, 0.6) is 0 Å². The fraction of sp³-hybridized carbons (Fsp3) is 0.214. The van der Waals surface area contributed by atoms with Crippen molar-refractivity contribution < 1.29 is 13.2 Å². The van der Waals surface area contributed by atoms with Gasteiger partial charge in [0.05, 0.1) is 15.2 Å². The topological polar surface area (TPSA) is 75.3 Å². The molecule has 0 saturated carbocycles. The quantitative estimate of drug-likeness (QED) is 0.673. The Morgan fingerprint density at radius 2 is 1.67 bits per heavy atom. The summed E-state index contributed by atoms with van der Waals surface area (Å²) >= 11 is 18.8. The lowest BCUT2D eigenvalue weighted by atomic mass is 10.3. The minimum Gasteiger partial charge on any atom is -0.308 e. The fourth-order valence-electron chi connectivity index (χ4n) is 1.75. The highest BCUT2D eigenvalue weighted by atomic mass is 35.5. The molecule has 2 rings (SSSR count). The van der Waals surface area contributed by atoms with Crippen molar-refractivity contribution in [1.29, 1.82) is 0 Å². The number of nitrogens with one attached hydrogen (secondary N) is 2. The Morgan fingerprint density at radius 3 is 2.21 bits per heavy atom. The Bertz CT molecular complexity index is 859. The molecule has 1 heterocycles. The van der Waals surface area contributed by atoms with Crippen LogP contribution in [0.4, 0.5) is 15.5 Å². The van der Waals surface area contributed by atoms with Crippen molar-refractivity contribution in [2.45, 2.75) is 24.0 Å². The number of hydrogen-bond donors (Lipinski definition) is 2. The number of amides is 2. The van der Waals surface area contributed by atoms with Crippen molar-refractivity contribution in [3.63, 3.8) is 0 Å². The summed E-state index contributed by atoms with van der Waals surface area (Å²) in [5.74, 6) is 0. The summed E-state index contributed by atoms with van der Waals surface area (Å²) in [4.78, 5) is 12.0. The first kappa shape index (κ1) is 19.3. The highest BCUT2D eigenvalue weighted by Crippen LogP contribution is 2.37. The predicted molar refractivity (Wildman–Crippen MR) is 101 cm³/mol. The molecule has 24 heavy (non-hydrogen) atoms. The zero-order chi connectivity index (χ0) is 18.1. The van der Waals surface area contributed by atoms with E-state index in [1.165, 1.54) is 23.6 Å². The van der Waals surface area contributed by atoms with E-state index in [2.05, 4.69) is 10.6 Å². The molecule has 0 spiro atoms. The number of carbonyl (C=O) groups excluding carboxylic acids is 1. The summed E-state index contributed by atoms with van der Waals surface area (Å²) in [6, 6.07) is 3.99. The van der Waals surface area contributed by atoms with Crippen LogP contribution in [0.15, 0.2) is 28.5 Å². The Morgan fingerprint density at radius 1 is 1.08 bits per heavy atom. The van der Waals surface area contributed by atoms with Crippen LogP contribution < -0.4 is 10.6 Å². The number of thiophene rings is 1. The van der Waals surface area contributed by atoms with Gasteiger partial charge in [-0.05, 0) is 32.0 Å². The lowest BCUT2D eigenvalue weighted by Gasteiger charge is -2.08. The van der Waals surface area contributed by atoms with E-state index in [1.807, 2.05) is 0 Å². The Kier molecular flexibility index (Phi) is 6.04. The van der Waals surface area contributed by atoms with Gasteiger partial charge < -0.3 is 5.32 Å². The monoisotopic (exact) mass is 426 g/mol. The number of hydrogen-bond acceptors (Lipinski definition) is 4. The molecule has 0 aliphatic rings. The van der Waals surface area contributed by atoms with Crippen LogP contribution in [0.3, 0.4) is 0 Å². The summed E-state index contributed by atoms with van der Waals surface area (Å²) in [5.41, 5.74) is 0.396. The van der Waals surface area contributed by atoms with E-state index < -0.39 is 21.1 Å². The molecule has 2 amide bonds. The van der Waals surface area contributed by atoms with Crippen molar-refractivity contribution in [3.8, 4) is 0 Å². The zero-order valence-corrected chi connectivity index (χ0v) is 16.5. The summed E-state index contributed by atoms with van der Waals surface area (Å²) < 4.78 is 24.4. The van der Waals surface area contributed by atoms with Gasteiger partial charge in [-0.1, -0.05) is 34.8 Å². The van der Waals surface area contributed by atoms with Gasteiger partial charge in [0.25, 0.3) is 0 Å². The number of benzene rings is 1. The molecule has 1 aromatic heterocycles. The van der Waals surface area contributed by atoms with E-state index in [1.54, 1.807) is 13.8 Å². The van der Waals surface area contributed by atoms with Gasteiger partial charge in [-0.25, -0.2) is 13.2 Å². The molecule has 2 N–H and O–H groups in total. The second kappa shape index (κ2) is 7.49. The van der Waals surface area contributed by atoms with E-state index in [9.17, 15) is 13.2 Å². The van der Waals surface area contributed by atoms with Gasteiger partial charge in [-0.2, -0.15) is 0 Å². The largest absolute Gasteiger partial charge is 0.324 e. The average molecular weight is 428 g/mol. The molecule has 0 saturated heterocycles. The van der Waals surface area contributed by atoms with Crippen LogP contribution in [0.1, 0.15) is 13.8 Å². The molecule has 0 bridgehead atoms. The first-order chi connectivity index (χ1) is 11.1. The molecule has 0 unspecified atom stereocenters. The highest BCUT2D eigenvalue weighted by Gasteiger charge is 2.26. The first-order valence-electron chi connectivity index (χ1n) is 6.66. The summed E-state index contributed by atoms with van der Waals surface area (Å²) in [6.45, 7) is 3.12. The number of rotatable bonds is 4. The Labute approximate surface area is 158 Å². The number of sulfone groups is 1. The summed E-state index contributed by atoms with van der Waals surface area (Å²) in [5, 5.41) is 6.84. The van der Waals surface area contributed by atoms with Gasteiger partial charge in [0.2, 0.25) is 0 Å². The smallest absolute Gasteiger partial charge is 0.308 e. The summed E-state index contributed by atoms with van der Waals surface area (Å²) in [6.07, 6.45) is 0. The van der Waals surface area contributed by atoms with Crippen LogP contribution in [0.2, 0.25) is 15.1 Å². The third-order valence-electron chi connectivity index (χ3n) is 2.97. The molecule has 0 fully saturated rings. The maximum absolute atomic E-state index is 12.2. The minimum absolute atomic E-state index is 0.00488. The molecule has 130 valence electrons. The SMILES string of the molecule is CC(C)S(=O)(=O)c1csc(NC(=O)Nc2cc(Cl)cc(Cl)c2)c1Cl. The Balaban J connectivity index is 2.17. The lowest BCUT2D eigenvalue weighted by Crippen LogP contribution is -2.19. The lowest BCUT2D eigenvalue weighted by molar-refractivity contribution is 0.262. The van der Waals surface area contributed by atoms with E-state index in [4.69, 9.17) is 34.8 Å². The molecule has 5 nitrogen and oxygen atoms in total. The standard InChI is InChI=1S/C14H13Cl3N2O3S2/c1-7(2)24(21,22)11-6-23-13(12(11)17)19-14(20)18-10-4-8(15)3-9(16)5-10/h3-7H,1-2H3,(H2,18,19,20). The normalized spacial score (nSPS) is 11.6. The van der Waals surface area contributed by atoms with Crippen LogP contribution in [0.25, 0.3) is 0 Å². The second-order valence-corrected chi connectivity index (χ2v) is 9.68. The van der Waals surface area contributed by atoms with E-state index in [0.717, 1.165) is 11.3 Å². The number of urea groups is 1. The zero-order valence-electron chi connectivity index (χ0n) is 12.6. The third-order valence-corrected chi connectivity index (χ3v) is 7.25. The molecular weight excluding hydrogens is 415 g/mol. The average Bonchev–Trinajstić information content (AvgIpc) is 2.79. The molecular formula is C14H13Cl3N2O3S2. The summed E-state index contributed by atoms with van der Waals surface area (Å²) in [7, 11) is -3.52. The van der Waals surface area contributed by atoms with E-state index in [0.29, 0.717) is 15.7 Å². The Hall–Kier alpha value is -0.990. The van der Waals surface area contributed by atoms with Gasteiger partial charge in [0.15, 0.2) is 9.84 Å². The maximum Gasteiger partial charge on any atom is 0.324 e. The fourth-order valence-corrected chi connectivity index (χ4v) is 5.21. The van der Waals surface area contributed by atoms with Gasteiger partial charge in [-0.15, -0.1) is 11.3 Å². The van der Waals surface area contributed by atoms with Gasteiger partial charge >= 0.3 is 6.03 Å². The molecule has 0 atom stereocenters. The first-order valence-corrected chi connectivity index (χ1v) is 10.2. The molecule has 2 aromatic rings. The molecule has 1 aromatic carbocycles. The molecule has 0 aliphatic carbocycles. The van der Waals surface area contributed by atoms with Crippen molar-refractivity contribution in [1.82, 2.24) is 0 Å². The van der Waals surface area contributed by atoms with E-state index >= 15 is 0 Å². The predicted octanol–water partition coefficient (Wildman–Crippen LogP) is 5.53. The van der Waals surface area contributed by atoms with Crippen LogP contribution >= 0.6 is 46.1 Å². The molecule has 0 aliphatic heterocycles. The van der Waals surface area contributed by atoms with Crippen molar-refractivity contribution in [2.75, 3.05) is 10.6 Å². The number of halogens is 3. The van der Waals surface area contributed by atoms with Crippen LogP contribution in [0, 0.1) is 0 Å².